The molecule has 1 aliphatic rings. The second-order valence-corrected chi connectivity index (χ2v) is 7.59. The number of rotatable bonds is 5. The third-order valence-electron chi connectivity index (χ3n) is 4.32. The molecule has 0 spiro atoms. The van der Waals surface area contributed by atoms with Crippen molar-refractivity contribution in [3.8, 4) is 0 Å². The Hall–Kier alpha value is -1.56. The van der Waals surface area contributed by atoms with E-state index in [-0.39, 0.29) is 18.0 Å². The van der Waals surface area contributed by atoms with Crippen LogP contribution in [0, 0.1) is 5.92 Å². The molecule has 1 N–H and O–H groups in total. The number of carbonyl (C=O) groups excluding carboxylic acids is 2. The van der Waals surface area contributed by atoms with Crippen LogP contribution < -0.4 is 5.32 Å². The van der Waals surface area contributed by atoms with Crippen LogP contribution in [-0.2, 0) is 11.2 Å². The molecule has 0 bridgehead atoms. The van der Waals surface area contributed by atoms with Gasteiger partial charge < -0.3 is 15.1 Å². The molecule has 3 amide bonds. The van der Waals surface area contributed by atoms with Crippen molar-refractivity contribution in [3.05, 3.63) is 22.4 Å². The second kappa shape index (κ2) is 8.34. The molecule has 0 saturated carbocycles. The number of amides is 3. The highest BCUT2D eigenvalue weighted by Crippen LogP contribution is 2.21. The van der Waals surface area contributed by atoms with E-state index >= 15 is 0 Å². The van der Waals surface area contributed by atoms with Crippen molar-refractivity contribution in [2.75, 3.05) is 27.2 Å². The Morgan fingerprint density at radius 2 is 2.09 bits per heavy atom. The molecular weight excluding hydrogens is 310 g/mol. The van der Waals surface area contributed by atoms with E-state index in [0.717, 1.165) is 32.4 Å². The van der Waals surface area contributed by atoms with E-state index in [2.05, 4.69) is 16.8 Å². The van der Waals surface area contributed by atoms with Gasteiger partial charge in [0.2, 0.25) is 5.91 Å². The molecule has 23 heavy (non-hydrogen) atoms. The second-order valence-electron chi connectivity index (χ2n) is 6.56. The minimum Gasteiger partial charge on any atom is -0.349 e. The van der Waals surface area contributed by atoms with Gasteiger partial charge >= 0.3 is 6.03 Å². The fourth-order valence-corrected chi connectivity index (χ4v) is 3.69. The first-order chi connectivity index (χ1) is 11.0. The molecule has 1 aromatic heterocycles. The van der Waals surface area contributed by atoms with Crippen LogP contribution in [0.3, 0.4) is 0 Å². The summed E-state index contributed by atoms with van der Waals surface area (Å²) in [5.41, 5.74) is 0. The molecule has 128 valence electrons. The molecular formula is C17H27N3O2S. The number of hydrogen-bond donors (Lipinski definition) is 1. The molecule has 1 saturated heterocycles. The van der Waals surface area contributed by atoms with Gasteiger partial charge in [-0.25, -0.2) is 4.79 Å². The number of nitrogens with one attached hydrogen (secondary N) is 1. The Morgan fingerprint density at radius 1 is 1.39 bits per heavy atom. The van der Waals surface area contributed by atoms with E-state index in [4.69, 9.17) is 0 Å². The lowest BCUT2D eigenvalue weighted by Crippen LogP contribution is -2.47. The highest BCUT2D eigenvalue weighted by Gasteiger charge is 2.25. The van der Waals surface area contributed by atoms with Crippen LogP contribution in [0.1, 0.15) is 31.1 Å². The summed E-state index contributed by atoms with van der Waals surface area (Å²) in [6.45, 7) is 3.52. The zero-order chi connectivity index (χ0) is 16.8. The first kappa shape index (κ1) is 17.8. The minimum absolute atomic E-state index is 0.0199. The van der Waals surface area contributed by atoms with Gasteiger partial charge in [0, 0.05) is 50.9 Å². The summed E-state index contributed by atoms with van der Waals surface area (Å²) in [5.74, 6) is 0.579. The number of carbonyl (C=O) groups is 2. The summed E-state index contributed by atoms with van der Waals surface area (Å²) in [4.78, 5) is 28.9. The highest BCUT2D eigenvalue weighted by molar-refractivity contribution is 7.09. The molecule has 0 unspecified atom stereocenters. The van der Waals surface area contributed by atoms with Crippen LogP contribution in [0.15, 0.2) is 17.5 Å². The molecule has 1 atom stereocenters. The standard InChI is InChI=1S/C17H27N3O2S/c1-13(11-15-5-4-10-23-15)18-17(22)20-8-6-14(7-9-20)12-16(21)19(2)3/h4-5,10,13-14H,6-9,11-12H2,1-3H3,(H,18,22)/t13-/m0/s1. The van der Waals surface area contributed by atoms with Gasteiger partial charge in [-0.1, -0.05) is 6.07 Å². The van der Waals surface area contributed by atoms with E-state index in [1.54, 1.807) is 30.3 Å². The lowest BCUT2D eigenvalue weighted by Gasteiger charge is -2.33. The SMILES string of the molecule is C[C@@H](Cc1cccs1)NC(=O)N1CCC(CC(=O)N(C)C)CC1. The van der Waals surface area contributed by atoms with Crippen LogP contribution in [0.4, 0.5) is 4.79 Å². The van der Waals surface area contributed by atoms with Crippen molar-refractivity contribution in [2.24, 2.45) is 5.92 Å². The Balaban J connectivity index is 1.72. The summed E-state index contributed by atoms with van der Waals surface area (Å²) in [5, 5.41) is 5.14. The quantitative estimate of drug-likeness (QED) is 0.898. The predicted octanol–water partition coefficient (Wildman–Crippen LogP) is 2.58. The zero-order valence-electron chi connectivity index (χ0n) is 14.2. The van der Waals surface area contributed by atoms with Crippen molar-refractivity contribution in [1.82, 2.24) is 15.1 Å². The van der Waals surface area contributed by atoms with Crippen molar-refractivity contribution >= 4 is 23.3 Å². The smallest absolute Gasteiger partial charge is 0.317 e. The zero-order valence-corrected chi connectivity index (χ0v) is 15.1. The Morgan fingerprint density at radius 3 is 2.65 bits per heavy atom. The third kappa shape index (κ3) is 5.53. The van der Waals surface area contributed by atoms with E-state index < -0.39 is 0 Å². The first-order valence-corrected chi connectivity index (χ1v) is 9.11. The van der Waals surface area contributed by atoms with Crippen molar-refractivity contribution in [2.45, 2.75) is 38.6 Å². The van der Waals surface area contributed by atoms with Crippen molar-refractivity contribution < 1.29 is 9.59 Å². The maximum absolute atomic E-state index is 12.3. The number of piperidine rings is 1. The summed E-state index contributed by atoms with van der Waals surface area (Å²) in [6, 6.07) is 4.29. The molecule has 0 aliphatic carbocycles. The van der Waals surface area contributed by atoms with Gasteiger partial charge in [-0.3, -0.25) is 4.79 Å². The molecule has 1 aliphatic heterocycles. The van der Waals surface area contributed by atoms with Gasteiger partial charge in [0.05, 0.1) is 0 Å². The summed E-state index contributed by atoms with van der Waals surface area (Å²) in [6.07, 6.45) is 3.28. The molecule has 2 rings (SSSR count). The normalized spacial score (nSPS) is 16.9. The van der Waals surface area contributed by atoms with Crippen LogP contribution in [0.25, 0.3) is 0 Å². The number of hydrogen-bond acceptors (Lipinski definition) is 3. The maximum atomic E-state index is 12.3. The first-order valence-electron chi connectivity index (χ1n) is 8.23. The average molecular weight is 337 g/mol. The summed E-state index contributed by atoms with van der Waals surface area (Å²) < 4.78 is 0. The van der Waals surface area contributed by atoms with Crippen LogP contribution in [0.5, 0.6) is 0 Å². The van der Waals surface area contributed by atoms with Gasteiger partial charge in [-0.05, 0) is 37.1 Å². The average Bonchev–Trinajstić information content (AvgIpc) is 3.00. The van der Waals surface area contributed by atoms with Gasteiger partial charge in [-0.15, -0.1) is 11.3 Å². The van der Waals surface area contributed by atoms with E-state index in [1.165, 1.54) is 4.88 Å². The van der Waals surface area contributed by atoms with E-state index in [1.807, 2.05) is 17.9 Å². The van der Waals surface area contributed by atoms with Gasteiger partial charge in [-0.2, -0.15) is 0 Å². The van der Waals surface area contributed by atoms with Crippen molar-refractivity contribution in [1.29, 1.82) is 0 Å². The molecule has 2 heterocycles. The van der Waals surface area contributed by atoms with E-state index in [9.17, 15) is 9.59 Å². The number of nitrogens with zero attached hydrogens (tertiary/aromatic N) is 2. The van der Waals surface area contributed by atoms with Crippen LogP contribution in [-0.4, -0.2) is 55.0 Å². The van der Waals surface area contributed by atoms with Gasteiger partial charge in [0.15, 0.2) is 0 Å². The molecule has 0 radical (unpaired) electrons. The number of likely N-dealkylation sites (tertiary alicyclic amines) is 1. The summed E-state index contributed by atoms with van der Waals surface area (Å²) >= 11 is 1.72. The van der Waals surface area contributed by atoms with Crippen LogP contribution in [0.2, 0.25) is 0 Å². The Bertz CT molecular complexity index is 508. The number of thiophene rings is 1. The minimum atomic E-state index is 0.0199. The van der Waals surface area contributed by atoms with Gasteiger partial charge in [0.25, 0.3) is 0 Å². The molecule has 6 heteroatoms. The maximum Gasteiger partial charge on any atom is 0.317 e. The largest absolute Gasteiger partial charge is 0.349 e. The molecule has 1 fully saturated rings. The molecule has 1 aromatic rings. The van der Waals surface area contributed by atoms with Crippen LogP contribution >= 0.6 is 11.3 Å². The summed E-state index contributed by atoms with van der Waals surface area (Å²) in [7, 11) is 3.58. The van der Waals surface area contributed by atoms with Gasteiger partial charge in [0.1, 0.15) is 0 Å². The highest BCUT2D eigenvalue weighted by atomic mass is 32.1. The molecule has 0 aromatic carbocycles. The number of urea groups is 1. The Kier molecular flexibility index (Phi) is 6.45. The van der Waals surface area contributed by atoms with Crippen molar-refractivity contribution in [3.63, 3.8) is 0 Å². The fourth-order valence-electron chi connectivity index (χ4n) is 2.85. The Labute approximate surface area is 142 Å². The monoisotopic (exact) mass is 337 g/mol. The fraction of sp³-hybridized carbons (Fsp3) is 0.647. The topological polar surface area (TPSA) is 52.7 Å². The lowest BCUT2D eigenvalue weighted by atomic mass is 9.93. The lowest BCUT2D eigenvalue weighted by molar-refractivity contribution is -0.129. The molecule has 5 nitrogen and oxygen atoms in total. The third-order valence-corrected chi connectivity index (χ3v) is 5.22. The predicted molar refractivity (Wildman–Crippen MR) is 93.6 cm³/mol. The van der Waals surface area contributed by atoms with E-state index in [0.29, 0.717) is 12.3 Å².